The normalized spacial score (nSPS) is 15.8. The Morgan fingerprint density at radius 1 is 1.33 bits per heavy atom. The number of ether oxygens (including phenoxy) is 1. The van der Waals surface area contributed by atoms with E-state index in [0.29, 0.717) is 5.36 Å². The van der Waals surface area contributed by atoms with Gasteiger partial charge in [-0.3, -0.25) is 0 Å². The maximum atomic E-state index is 11.1. The molecule has 7 nitrogen and oxygen atoms in total. The lowest BCUT2D eigenvalue weighted by Gasteiger charge is -1.92. The molecule has 0 saturated heterocycles. The van der Waals surface area contributed by atoms with Crippen LogP contribution in [0.2, 0.25) is 0 Å². The van der Waals surface area contributed by atoms with Crippen LogP contribution in [0, 0.1) is 0 Å². The Morgan fingerprint density at radius 2 is 2.00 bits per heavy atom. The van der Waals surface area contributed by atoms with E-state index in [9.17, 15) is 13.2 Å². The van der Waals surface area contributed by atoms with Crippen LogP contribution in [0.25, 0.3) is 0 Å². The van der Waals surface area contributed by atoms with Crippen molar-refractivity contribution in [2.24, 2.45) is 15.0 Å². The van der Waals surface area contributed by atoms with Gasteiger partial charge >= 0.3 is 6.09 Å². The van der Waals surface area contributed by atoms with Crippen molar-refractivity contribution in [2.75, 3.05) is 7.11 Å². The second-order valence-corrected chi connectivity index (χ2v) is 5.76. The first-order valence-corrected chi connectivity index (χ1v) is 6.90. The lowest BCUT2D eigenvalue weighted by molar-refractivity contribution is 0.182. The van der Waals surface area contributed by atoms with Crippen LogP contribution < -0.4 is 10.7 Å². The molecule has 0 radical (unpaired) electrons. The molecule has 0 N–H and O–H groups in total. The molecular weight excluding hydrogens is 282 g/mol. The van der Waals surface area contributed by atoms with Crippen LogP contribution >= 0.6 is 10.7 Å². The highest BCUT2D eigenvalue weighted by molar-refractivity contribution is 8.13. The van der Waals surface area contributed by atoms with Crippen molar-refractivity contribution >= 4 is 31.8 Å². The van der Waals surface area contributed by atoms with Gasteiger partial charge in [0.05, 0.1) is 22.7 Å². The van der Waals surface area contributed by atoms with E-state index in [-0.39, 0.29) is 16.2 Å². The van der Waals surface area contributed by atoms with Crippen molar-refractivity contribution in [1.82, 2.24) is 0 Å². The number of carbonyl (C=O) groups excluding carboxylic acids is 1. The quantitative estimate of drug-likeness (QED) is 0.678. The number of nitrogens with zero attached hydrogens (tertiary/aromatic N) is 3. The Labute approximate surface area is 106 Å². The Hall–Kier alpha value is -1.80. The first-order chi connectivity index (χ1) is 8.40. The van der Waals surface area contributed by atoms with E-state index in [1.54, 1.807) is 0 Å². The summed E-state index contributed by atoms with van der Waals surface area (Å²) in [5, 5.41) is 0.682. The molecule has 9 heteroatoms. The molecule has 0 unspecified atom stereocenters. The SMILES string of the molecule is COC(=O)N=C1N=c2ccc(S(=O)(=O)Cl)cc2=N1. The van der Waals surface area contributed by atoms with E-state index in [1.807, 2.05) is 0 Å². The number of methoxy groups -OCH3 is 1. The summed E-state index contributed by atoms with van der Waals surface area (Å²) < 4.78 is 26.6. The Balaban J connectivity index is 2.54. The fourth-order valence-electron chi connectivity index (χ4n) is 1.26. The summed E-state index contributed by atoms with van der Waals surface area (Å²) in [4.78, 5) is 22.0. The lowest BCUT2D eigenvalue weighted by atomic mass is 10.3. The minimum atomic E-state index is -3.83. The zero-order chi connectivity index (χ0) is 13.3. The van der Waals surface area contributed by atoms with Crippen LogP contribution in [-0.2, 0) is 13.8 Å². The summed E-state index contributed by atoms with van der Waals surface area (Å²) in [5.74, 6) is -0.0963. The Morgan fingerprint density at radius 3 is 2.61 bits per heavy atom. The van der Waals surface area contributed by atoms with Gasteiger partial charge in [-0.25, -0.2) is 23.2 Å². The van der Waals surface area contributed by atoms with Gasteiger partial charge in [0.25, 0.3) is 15.0 Å². The van der Waals surface area contributed by atoms with Crippen molar-refractivity contribution < 1.29 is 17.9 Å². The number of benzene rings is 1. The van der Waals surface area contributed by atoms with E-state index in [4.69, 9.17) is 10.7 Å². The topological polar surface area (TPSA) is 97.5 Å². The zero-order valence-electron chi connectivity index (χ0n) is 8.99. The number of aliphatic imine (C=N–C) groups is 1. The van der Waals surface area contributed by atoms with Gasteiger partial charge in [-0.1, -0.05) is 0 Å². The van der Waals surface area contributed by atoms with Crippen LogP contribution in [-0.4, -0.2) is 27.6 Å². The van der Waals surface area contributed by atoms with E-state index in [2.05, 4.69) is 19.7 Å². The average molecular weight is 288 g/mol. The summed E-state index contributed by atoms with van der Waals surface area (Å²) in [6.07, 6.45) is -0.838. The third kappa shape index (κ3) is 2.54. The maximum Gasteiger partial charge on any atom is 0.436 e. The van der Waals surface area contributed by atoms with Crippen molar-refractivity contribution in [2.45, 2.75) is 4.90 Å². The summed E-state index contributed by atoms with van der Waals surface area (Å²) >= 11 is 0. The van der Waals surface area contributed by atoms with Gasteiger partial charge in [0, 0.05) is 10.7 Å². The summed E-state index contributed by atoms with van der Waals surface area (Å²) in [6, 6.07) is 3.97. The number of amides is 1. The molecule has 0 spiro atoms. The number of guanidine groups is 1. The molecule has 1 aliphatic heterocycles. The fraction of sp³-hybridized carbons (Fsp3) is 0.111. The van der Waals surface area contributed by atoms with Crippen LogP contribution in [0.1, 0.15) is 0 Å². The Kier molecular flexibility index (Phi) is 3.14. The number of carbonyl (C=O) groups is 1. The molecule has 94 valence electrons. The second-order valence-electron chi connectivity index (χ2n) is 3.19. The largest absolute Gasteiger partial charge is 0.451 e. The van der Waals surface area contributed by atoms with E-state index in [1.165, 1.54) is 25.3 Å². The van der Waals surface area contributed by atoms with Gasteiger partial charge in [0.2, 0.25) is 0 Å². The highest BCUT2D eigenvalue weighted by atomic mass is 35.7. The standard InChI is InChI=1S/C9H6ClN3O4S/c1-17-9(14)13-8-11-6-3-2-5(18(10,15)16)4-7(6)12-8/h2-4H,1H3. The van der Waals surface area contributed by atoms with Crippen molar-refractivity contribution in [3.05, 3.63) is 28.9 Å². The third-order valence-electron chi connectivity index (χ3n) is 2.04. The third-order valence-corrected chi connectivity index (χ3v) is 3.39. The minimum Gasteiger partial charge on any atom is -0.451 e. The van der Waals surface area contributed by atoms with Gasteiger partial charge in [-0.2, -0.15) is 0 Å². The van der Waals surface area contributed by atoms with Crippen molar-refractivity contribution in [3.8, 4) is 0 Å². The molecule has 0 atom stereocenters. The maximum absolute atomic E-state index is 11.1. The molecule has 0 saturated carbocycles. The molecule has 1 aromatic rings. The highest BCUT2D eigenvalue weighted by Crippen LogP contribution is 2.10. The number of halogens is 1. The highest BCUT2D eigenvalue weighted by Gasteiger charge is 2.13. The van der Waals surface area contributed by atoms with Crippen LogP contribution in [0.3, 0.4) is 0 Å². The molecule has 1 aromatic carbocycles. The predicted molar refractivity (Wildman–Crippen MR) is 61.6 cm³/mol. The first-order valence-electron chi connectivity index (χ1n) is 4.59. The van der Waals surface area contributed by atoms with E-state index < -0.39 is 15.1 Å². The van der Waals surface area contributed by atoms with E-state index in [0.717, 1.165) is 0 Å². The Bertz CT molecular complexity index is 769. The zero-order valence-corrected chi connectivity index (χ0v) is 10.6. The van der Waals surface area contributed by atoms with Gasteiger partial charge in [-0.15, -0.1) is 4.99 Å². The average Bonchev–Trinajstić information content (AvgIpc) is 2.68. The summed E-state index contributed by atoms with van der Waals surface area (Å²) in [6.45, 7) is 0. The number of hydrogen-bond acceptors (Lipinski definition) is 4. The minimum absolute atomic E-state index is 0.0961. The van der Waals surface area contributed by atoms with Gasteiger partial charge in [-0.05, 0) is 18.2 Å². The molecule has 18 heavy (non-hydrogen) atoms. The first kappa shape index (κ1) is 12.7. The molecule has 0 aromatic heterocycles. The fourth-order valence-corrected chi connectivity index (χ4v) is 2.03. The monoisotopic (exact) mass is 287 g/mol. The van der Waals surface area contributed by atoms with Gasteiger partial charge < -0.3 is 4.74 Å². The van der Waals surface area contributed by atoms with Gasteiger partial charge in [0.1, 0.15) is 0 Å². The smallest absolute Gasteiger partial charge is 0.436 e. The molecule has 2 rings (SSSR count). The lowest BCUT2D eigenvalue weighted by Crippen LogP contribution is -2.21. The molecule has 0 bridgehead atoms. The van der Waals surface area contributed by atoms with Crippen molar-refractivity contribution in [3.63, 3.8) is 0 Å². The number of rotatable bonds is 1. The predicted octanol–water partition coefficient (Wildman–Crippen LogP) is -0.0107. The summed E-state index contributed by atoms with van der Waals surface area (Å²) in [7, 11) is 2.54. The molecule has 1 heterocycles. The molecule has 1 amide bonds. The summed E-state index contributed by atoms with van der Waals surface area (Å²) in [5.41, 5.74) is 0. The van der Waals surface area contributed by atoms with Crippen LogP contribution in [0.4, 0.5) is 4.79 Å². The second kappa shape index (κ2) is 4.46. The van der Waals surface area contributed by atoms with E-state index >= 15 is 0 Å². The molecule has 0 fully saturated rings. The molecular formula is C9H6ClN3O4S. The molecule has 1 aliphatic rings. The number of fused-ring (bicyclic) bond motifs is 1. The van der Waals surface area contributed by atoms with Crippen LogP contribution in [0.15, 0.2) is 38.1 Å². The molecule has 0 aliphatic carbocycles. The van der Waals surface area contributed by atoms with Gasteiger partial charge in [0.15, 0.2) is 0 Å². The van der Waals surface area contributed by atoms with Crippen LogP contribution in [0.5, 0.6) is 0 Å². The number of hydrogen-bond donors (Lipinski definition) is 0. The van der Waals surface area contributed by atoms with Crippen molar-refractivity contribution in [1.29, 1.82) is 0 Å².